The molecule has 0 aromatic rings. The summed E-state index contributed by atoms with van der Waals surface area (Å²) >= 11 is 0. The number of amidine groups is 1. The molecule has 2 N–H and O–H groups in total. The van der Waals surface area contributed by atoms with Crippen molar-refractivity contribution in [2.24, 2.45) is 4.99 Å². The van der Waals surface area contributed by atoms with Gasteiger partial charge >= 0.3 is 0 Å². The summed E-state index contributed by atoms with van der Waals surface area (Å²) in [5, 5.41) is 14.6. The summed E-state index contributed by atoms with van der Waals surface area (Å²) in [7, 11) is 0. The molecule has 3 nitrogen and oxygen atoms in total. The molecule has 0 bridgehead atoms. The first-order valence-electron chi connectivity index (χ1n) is 3.27. The molecule has 1 heterocycles. The molecule has 0 saturated heterocycles. The van der Waals surface area contributed by atoms with E-state index in [1.807, 2.05) is 0 Å². The maximum absolute atomic E-state index is 7.40. The third kappa shape index (κ3) is 1.49. The largest absolute Gasteiger partial charge is 0.297 e. The minimum Gasteiger partial charge on any atom is -0.297 e. The molecular formula is C8H9N3. The molecule has 0 aliphatic carbocycles. The van der Waals surface area contributed by atoms with Crippen molar-refractivity contribution in [1.29, 1.82) is 10.8 Å². The van der Waals surface area contributed by atoms with Gasteiger partial charge in [-0.3, -0.25) is 10.8 Å². The molecular weight excluding hydrogens is 138 g/mol. The van der Waals surface area contributed by atoms with E-state index in [9.17, 15) is 0 Å². The zero-order valence-electron chi connectivity index (χ0n) is 6.09. The minimum atomic E-state index is 0.0318. The maximum atomic E-state index is 7.40. The zero-order valence-corrected chi connectivity index (χ0v) is 6.09. The number of allylic oxidation sites excluding steroid dienone is 2. The fourth-order valence-electron chi connectivity index (χ4n) is 0.827. The molecule has 1 aliphatic heterocycles. The second-order valence-corrected chi connectivity index (χ2v) is 2.19. The summed E-state index contributed by atoms with van der Waals surface area (Å²) in [5.74, 6) is 0.0318. The number of nitrogens with one attached hydrogen (secondary N) is 2. The molecule has 0 saturated carbocycles. The summed E-state index contributed by atoms with van der Waals surface area (Å²) in [5.41, 5.74) is 1.01. The number of hydrogen-bond acceptors (Lipinski definition) is 2. The van der Waals surface area contributed by atoms with Gasteiger partial charge in [-0.05, 0) is 18.1 Å². The molecule has 0 amide bonds. The van der Waals surface area contributed by atoms with Gasteiger partial charge in [0.05, 0.1) is 0 Å². The first kappa shape index (κ1) is 7.60. The van der Waals surface area contributed by atoms with Crippen LogP contribution in [-0.2, 0) is 0 Å². The predicted molar refractivity (Wildman–Crippen MR) is 46.8 cm³/mol. The molecule has 1 rings (SSSR count). The molecule has 0 unspecified atom stereocenters. The third-order valence-electron chi connectivity index (χ3n) is 1.40. The average Bonchev–Trinajstić information content (AvgIpc) is 1.99. The smallest absolute Gasteiger partial charge is 0.170 e. The number of nitrogens with zero attached hydrogens (tertiary/aromatic N) is 1. The van der Waals surface area contributed by atoms with E-state index in [0.717, 1.165) is 5.57 Å². The molecule has 0 spiro atoms. The third-order valence-corrected chi connectivity index (χ3v) is 1.40. The number of aliphatic imine (C=N–C) groups is 1. The second-order valence-electron chi connectivity index (χ2n) is 2.19. The number of rotatable bonds is 2. The Bertz CT molecular complexity index is 271. The summed E-state index contributed by atoms with van der Waals surface area (Å²) in [6.45, 7) is 3.56. The van der Waals surface area contributed by atoms with Crippen LogP contribution in [0, 0.1) is 10.8 Å². The highest BCUT2D eigenvalue weighted by Crippen LogP contribution is 2.07. The molecule has 0 radical (unpaired) electrons. The topological polar surface area (TPSA) is 60.1 Å². The van der Waals surface area contributed by atoms with Crippen LogP contribution in [-0.4, -0.2) is 17.8 Å². The van der Waals surface area contributed by atoms with Crippen LogP contribution in [0.2, 0.25) is 0 Å². The van der Waals surface area contributed by atoms with Crippen LogP contribution >= 0.6 is 0 Å². The van der Waals surface area contributed by atoms with Crippen molar-refractivity contribution in [3.05, 3.63) is 24.3 Å². The Morgan fingerprint density at radius 3 is 2.91 bits per heavy atom. The second kappa shape index (κ2) is 3.05. The van der Waals surface area contributed by atoms with Gasteiger partial charge in [0, 0.05) is 6.21 Å². The van der Waals surface area contributed by atoms with Gasteiger partial charge < -0.3 is 0 Å². The Hall–Kier alpha value is -1.51. The van der Waals surface area contributed by atoms with Crippen LogP contribution in [0.25, 0.3) is 0 Å². The van der Waals surface area contributed by atoms with Gasteiger partial charge in [0.15, 0.2) is 5.84 Å². The van der Waals surface area contributed by atoms with Gasteiger partial charge in [0.2, 0.25) is 0 Å². The van der Waals surface area contributed by atoms with Crippen molar-refractivity contribution < 1.29 is 0 Å². The fraction of sp³-hybridized carbons (Fsp3) is 0.125. The van der Waals surface area contributed by atoms with Crippen molar-refractivity contribution in [2.45, 2.75) is 6.42 Å². The van der Waals surface area contributed by atoms with E-state index in [1.165, 1.54) is 0 Å². The minimum absolute atomic E-state index is 0.0318. The van der Waals surface area contributed by atoms with E-state index in [1.54, 1.807) is 18.4 Å². The van der Waals surface area contributed by atoms with E-state index < -0.39 is 0 Å². The lowest BCUT2D eigenvalue weighted by molar-refractivity contribution is 1.29. The first-order valence-corrected chi connectivity index (χ1v) is 3.27. The maximum Gasteiger partial charge on any atom is 0.170 e. The molecule has 0 atom stereocenters. The van der Waals surface area contributed by atoms with Crippen molar-refractivity contribution in [2.75, 3.05) is 0 Å². The Kier molecular flexibility index (Phi) is 2.11. The highest BCUT2D eigenvalue weighted by molar-refractivity contribution is 6.48. The van der Waals surface area contributed by atoms with Crippen molar-refractivity contribution in [1.82, 2.24) is 0 Å². The quantitative estimate of drug-likeness (QED) is 0.557. The fourth-order valence-corrected chi connectivity index (χ4v) is 0.827. The SMILES string of the molecule is C=CCC1=CC=NC(=N)C1=N. The van der Waals surface area contributed by atoms with Crippen LogP contribution in [0.15, 0.2) is 29.3 Å². The highest BCUT2D eigenvalue weighted by Gasteiger charge is 2.10. The lowest BCUT2D eigenvalue weighted by Crippen LogP contribution is -2.15. The molecule has 0 aromatic carbocycles. The molecule has 0 aromatic heterocycles. The Labute approximate surface area is 65.2 Å². The van der Waals surface area contributed by atoms with E-state index in [2.05, 4.69) is 11.6 Å². The van der Waals surface area contributed by atoms with Gasteiger partial charge in [0.25, 0.3) is 0 Å². The lowest BCUT2D eigenvalue weighted by atomic mass is 10.0. The van der Waals surface area contributed by atoms with E-state index in [4.69, 9.17) is 10.8 Å². The van der Waals surface area contributed by atoms with Gasteiger partial charge in [-0.2, -0.15) is 0 Å². The van der Waals surface area contributed by atoms with Gasteiger partial charge in [-0.1, -0.05) is 6.08 Å². The summed E-state index contributed by atoms with van der Waals surface area (Å²) in [6, 6.07) is 0. The van der Waals surface area contributed by atoms with Crippen LogP contribution in [0.4, 0.5) is 0 Å². The lowest BCUT2D eigenvalue weighted by Gasteiger charge is -2.07. The highest BCUT2D eigenvalue weighted by atomic mass is 14.8. The van der Waals surface area contributed by atoms with Crippen molar-refractivity contribution >= 4 is 17.8 Å². The zero-order chi connectivity index (χ0) is 8.27. The molecule has 3 heteroatoms. The summed E-state index contributed by atoms with van der Waals surface area (Å²) < 4.78 is 0. The molecule has 11 heavy (non-hydrogen) atoms. The van der Waals surface area contributed by atoms with Crippen molar-refractivity contribution in [3.63, 3.8) is 0 Å². The molecule has 0 fully saturated rings. The van der Waals surface area contributed by atoms with Crippen LogP contribution < -0.4 is 0 Å². The summed E-state index contributed by atoms with van der Waals surface area (Å²) in [6.07, 6.45) is 5.63. The standard InChI is InChI=1S/C8H9N3/c1-2-3-6-4-5-11-8(10)7(6)9/h2,4-5,9-10H,1,3H2. The van der Waals surface area contributed by atoms with Crippen molar-refractivity contribution in [3.8, 4) is 0 Å². The molecule has 56 valence electrons. The van der Waals surface area contributed by atoms with Gasteiger partial charge in [-0.15, -0.1) is 6.58 Å². The van der Waals surface area contributed by atoms with Gasteiger partial charge in [-0.25, -0.2) is 4.99 Å². The van der Waals surface area contributed by atoms with E-state index in [-0.39, 0.29) is 11.5 Å². The summed E-state index contributed by atoms with van der Waals surface area (Å²) in [4.78, 5) is 3.67. The Morgan fingerprint density at radius 1 is 1.55 bits per heavy atom. The molecule has 1 aliphatic rings. The van der Waals surface area contributed by atoms with Crippen LogP contribution in [0.1, 0.15) is 6.42 Å². The van der Waals surface area contributed by atoms with Gasteiger partial charge in [0.1, 0.15) is 5.71 Å². The van der Waals surface area contributed by atoms with E-state index >= 15 is 0 Å². The number of dihydropyridines is 1. The normalized spacial score (nSPS) is 16.5. The Morgan fingerprint density at radius 2 is 2.27 bits per heavy atom. The predicted octanol–water partition coefficient (Wildman–Crippen LogP) is 1.57. The van der Waals surface area contributed by atoms with E-state index in [0.29, 0.717) is 6.42 Å². The van der Waals surface area contributed by atoms with Crippen LogP contribution in [0.5, 0.6) is 0 Å². The Balaban J connectivity index is 2.86. The first-order chi connectivity index (χ1) is 5.25. The average molecular weight is 147 g/mol. The van der Waals surface area contributed by atoms with Crippen LogP contribution in [0.3, 0.4) is 0 Å². The monoisotopic (exact) mass is 147 g/mol. The number of hydrogen-bond donors (Lipinski definition) is 2.